The van der Waals surface area contributed by atoms with Crippen LogP contribution in [0.3, 0.4) is 0 Å². The average molecular weight is 340 g/mol. The summed E-state index contributed by atoms with van der Waals surface area (Å²) in [5.41, 5.74) is 7.14. The molecule has 0 bridgehead atoms. The van der Waals surface area contributed by atoms with E-state index in [9.17, 15) is 9.59 Å². The van der Waals surface area contributed by atoms with E-state index >= 15 is 0 Å². The highest BCUT2D eigenvalue weighted by molar-refractivity contribution is 5.98. The Morgan fingerprint density at radius 2 is 1.80 bits per heavy atom. The number of rotatable bonds is 4. The molecule has 6 nitrogen and oxygen atoms in total. The van der Waals surface area contributed by atoms with Crippen LogP contribution in [0.2, 0.25) is 0 Å². The van der Waals surface area contributed by atoms with E-state index < -0.39 is 5.91 Å². The molecule has 0 radical (unpaired) electrons. The van der Waals surface area contributed by atoms with Gasteiger partial charge in [-0.2, -0.15) is 5.10 Å². The normalized spacial score (nSPS) is 20.5. The summed E-state index contributed by atoms with van der Waals surface area (Å²) in [7, 11) is 0. The number of carbonyl (C=O) groups excluding carboxylic acids is 2. The van der Waals surface area contributed by atoms with Crippen molar-refractivity contribution in [3.8, 4) is 11.3 Å². The molecule has 1 aromatic heterocycles. The smallest absolute Gasteiger partial charge is 0.252 e. The highest BCUT2D eigenvalue weighted by Crippen LogP contribution is 2.23. The third kappa shape index (κ3) is 3.90. The third-order valence-electron chi connectivity index (χ3n) is 4.59. The van der Waals surface area contributed by atoms with Gasteiger partial charge in [-0.25, -0.2) is 0 Å². The fraction of sp³-hybridized carbons (Fsp3) is 0.421. The van der Waals surface area contributed by atoms with Gasteiger partial charge < -0.3 is 10.6 Å². The van der Waals surface area contributed by atoms with Gasteiger partial charge in [0.25, 0.3) is 5.91 Å². The molecule has 0 saturated carbocycles. The Morgan fingerprint density at radius 3 is 2.40 bits per heavy atom. The van der Waals surface area contributed by atoms with E-state index in [1.807, 2.05) is 35.2 Å². The van der Waals surface area contributed by atoms with Crippen molar-refractivity contribution in [1.82, 2.24) is 14.7 Å². The number of primary amides is 1. The summed E-state index contributed by atoms with van der Waals surface area (Å²) in [6, 6.07) is 9.39. The van der Waals surface area contributed by atoms with Gasteiger partial charge in [-0.05, 0) is 18.3 Å². The molecule has 2 atom stereocenters. The van der Waals surface area contributed by atoms with Crippen molar-refractivity contribution in [3.63, 3.8) is 0 Å². The lowest BCUT2D eigenvalue weighted by Gasteiger charge is -2.35. The molecular formula is C19H24N4O2. The quantitative estimate of drug-likeness (QED) is 0.926. The molecule has 0 aliphatic carbocycles. The number of aromatic nitrogens is 2. The molecule has 132 valence electrons. The minimum Gasteiger partial charge on any atom is -0.365 e. The zero-order valence-corrected chi connectivity index (χ0v) is 14.7. The van der Waals surface area contributed by atoms with Crippen LogP contribution in [0.15, 0.2) is 36.5 Å². The third-order valence-corrected chi connectivity index (χ3v) is 4.59. The Morgan fingerprint density at radius 1 is 1.16 bits per heavy atom. The van der Waals surface area contributed by atoms with Crippen LogP contribution in [-0.2, 0) is 11.3 Å². The molecule has 6 heteroatoms. The van der Waals surface area contributed by atoms with Gasteiger partial charge in [0.05, 0.1) is 5.56 Å². The SMILES string of the molecule is C[C@H]1C[C@H](C)CN(C(=O)Cn2cc(C(N)=O)c(-c3ccccc3)n2)C1. The number of carbonyl (C=O) groups is 2. The van der Waals surface area contributed by atoms with E-state index in [2.05, 4.69) is 18.9 Å². The minimum absolute atomic E-state index is 0.0246. The number of likely N-dealkylation sites (tertiary alicyclic amines) is 1. The lowest BCUT2D eigenvalue weighted by molar-refractivity contribution is -0.134. The molecule has 2 amide bonds. The highest BCUT2D eigenvalue weighted by Gasteiger charge is 2.26. The Hall–Kier alpha value is -2.63. The molecule has 0 unspecified atom stereocenters. The standard InChI is InChI=1S/C19H24N4O2/c1-13-8-14(2)10-22(9-13)17(24)12-23-11-16(19(20)25)18(21-23)15-6-4-3-5-7-15/h3-7,11,13-14H,8-10,12H2,1-2H3,(H2,20,25)/t13-,14-/m0/s1. The number of amides is 2. The number of piperidine rings is 1. The van der Waals surface area contributed by atoms with Gasteiger partial charge in [-0.1, -0.05) is 44.2 Å². The van der Waals surface area contributed by atoms with E-state index in [0.717, 1.165) is 25.1 Å². The number of nitrogens with two attached hydrogens (primary N) is 1. The summed E-state index contributed by atoms with van der Waals surface area (Å²) >= 11 is 0. The van der Waals surface area contributed by atoms with E-state index in [-0.39, 0.29) is 12.5 Å². The van der Waals surface area contributed by atoms with Crippen LogP contribution >= 0.6 is 0 Å². The largest absolute Gasteiger partial charge is 0.365 e. The van der Waals surface area contributed by atoms with Crippen LogP contribution in [0.4, 0.5) is 0 Å². The highest BCUT2D eigenvalue weighted by atomic mass is 16.2. The van der Waals surface area contributed by atoms with Gasteiger partial charge in [-0.15, -0.1) is 0 Å². The maximum absolute atomic E-state index is 12.6. The molecule has 25 heavy (non-hydrogen) atoms. The van der Waals surface area contributed by atoms with E-state index in [0.29, 0.717) is 23.1 Å². The molecule has 0 spiro atoms. The molecule has 2 aromatic rings. The first-order valence-electron chi connectivity index (χ1n) is 8.64. The van der Waals surface area contributed by atoms with Crippen molar-refractivity contribution in [3.05, 3.63) is 42.1 Å². The second-order valence-corrected chi connectivity index (χ2v) is 7.06. The first-order valence-corrected chi connectivity index (χ1v) is 8.64. The van der Waals surface area contributed by atoms with E-state index in [1.54, 1.807) is 6.20 Å². The molecule has 1 aromatic carbocycles. The van der Waals surface area contributed by atoms with Crippen LogP contribution in [-0.4, -0.2) is 39.6 Å². The van der Waals surface area contributed by atoms with E-state index in [4.69, 9.17) is 5.73 Å². The number of benzene rings is 1. The summed E-state index contributed by atoms with van der Waals surface area (Å²) < 4.78 is 1.52. The van der Waals surface area contributed by atoms with Crippen molar-refractivity contribution in [2.45, 2.75) is 26.8 Å². The zero-order valence-electron chi connectivity index (χ0n) is 14.7. The zero-order chi connectivity index (χ0) is 18.0. The lowest BCUT2D eigenvalue weighted by Crippen LogP contribution is -2.44. The van der Waals surface area contributed by atoms with Gasteiger partial charge in [0.2, 0.25) is 5.91 Å². The Kier molecular flexibility index (Phi) is 4.88. The maximum Gasteiger partial charge on any atom is 0.252 e. The van der Waals surface area contributed by atoms with Crippen LogP contribution < -0.4 is 5.73 Å². The Bertz CT molecular complexity index is 759. The first-order chi connectivity index (χ1) is 11.9. The van der Waals surface area contributed by atoms with Crippen LogP contribution in [0.5, 0.6) is 0 Å². The van der Waals surface area contributed by atoms with Gasteiger partial charge in [0, 0.05) is 24.8 Å². The van der Waals surface area contributed by atoms with Gasteiger partial charge >= 0.3 is 0 Å². The molecule has 1 aliphatic heterocycles. The summed E-state index contributed by atoms with van der Waals surface area (Å²) in [6.07, 6.45) is 2.72. The summed E-state index contributed by atoms with van der Waals surface area (Å²) in [5, 5.41) is 4.44. The van der Waals surface area contributed by atoms with Crippen LogP contribution in [0, 0.1) is 11.8 Å². The van der Waals surface area contributed by atoms with Crippen molar-refractivity contribution >= 4 is 11.8 Å². The lowest BCUT2D eigenvalue weighted by atomic mass is 9.92. The Balaban J connectivity index is 1.81. The fourth-order valence-corrected chi connectivity index (χ4v) is 3.60. The number of hydrogen-bond donors (Lipinski definition) is 1. The second kappa shape index (κ2) is 7.09. The number of nitrogens with zero attached hydrogens (tertiary/aromatic N) is 3. The molecule has 2 N–H and O–H groups in total. The van der Waals surface area contributed by atoms with Crippen molar-refractivity contribution in [2.24, 2.45) is 17.6 Å². The number of hydrogen-bond acceptors (Lipinski definition) is 3. The molecule has 2 heterocycles. The van der Waals surface area contributed by atoms with Gasteiger partial charge in [0.1, 0.15) is 12.2 Å². The molecule has 1 fully saturated rings. The maximum atomic E-state index is 12.6. The van der Waals surface area contributed by atoms with Crippen LogP contribution in [0.25, 0.3) is 11.3 Å². The Labute approximate surface area is 147 Å². The average Bonchev–Trinajstić information content (AvgIpc) is 2.99. The minimum atomic E-state index is -0.544. The van der Waals surface area contributed by atoms with Crippen LogP contribution in [0.1, 0.15) is 30.6 Å². The predicted molar refractivity (Wildman–Crippen MR) is 95.7 cm³/mol. The molecule has 1 aliphatic rings. The molecule has 3 rings (SSSR count). The van der Waals surface area contributed by atoms with Crippen molar-refractivity contribution in [2.75, 3.05) is 13.1 Å². The monoisotopic (exact) mass is 340 g/mol. The van der Waals surface area contributed by atoms with E-state index in [1.165, 1.54) is 4.68 Å². The summed E-state index contributed by atoms with van der Waals surface area (Å²) in [4.78, 5) is 26.3. The van der Waals surface area contributed by atoms with Gasteiger partial charge in [-0.3, -0.25) is 14.3 Å². The van der Waals surface area contributed by atoms with Crippen molar-refractivity contribution in [1.29, 1.82) is 0 Å². The topological polar surface area (TPSA) is 81.2 Å². The summed E-state index contributed by atoms with van der Waals surface area (Å²) in [6.45, 7) is 6.01. The fourth-order valence-electron chi connectivity index (χ4n) is 3.60. The molecule has 1 saturated heterocycles. The van der Waals surface area contributed by atoms with Crippen molar-refractivity contribution < 1.29 is 9.59 Å². The summed E-state index contributed by atoms with van der Waals surface area (Å²) in [5.74, 6) is 0.493. The first kappa shape index (κ1) is 17.2. The molecular weight excluding hydrogens is 316 g/mol. The van der Waals surface area contributed by atoms with Gasteiger partial charge in [0.15, 0.2) is 0 Å². The second-order valence-electron chi connectivity index (χ2n) is 7.06. The predicted octanol–water partition coefficient (Wildman–Crippen LogP) is 2.15.